The van der Waals surface area contributed by atoms with Gasteiger partial charge >= 0.3 is 6.18 Å². The Bertz CT molecular complexity index is 1280. The van der Waals surface area contributed by atoms with Crippen molar-refractivity contribution in [3.63, 3.8) is 0 Å². The third-order valence-electron chi connectivity index (χ3n) is 4.14. The minimum atomic E-state index is -4.73. The molecule has 3 aromatic rings. The first kappa shape index (κ1) is 23.5. The third kappa shape index (κ3) is 5.35. The average Bonchev–Trinajstić information content (AvgIpc) is 2.70. The molecule has 0 spiro atoms. The van der Waals surface area contributed by atoms with Crippen LogP contribution in [0, 0.1) is 11.6 Å². The first-order chi connectivity index (χ1) is 14.9. The van der Waals surface area contributed by atoms with Crippen LogP contribution in [0.1, 0.15) is 15.9 Å². The zero-order valence-electron chi connectivity index (χ0n) is 15.7. The Balaban J connectivity index is 1.83. The maximum absolute atomic E-state index is 14.4. The van der Waals surface area contributed by atoms with E-state index in [1.165, 1.54) is 12.1 Å². The van der Waals surface area contributed by atoms with E-state index in [2.05, 4.69) is 5.32 Å². The van der Waals surface area contributed by atoms with Gasteiger partial charge in [0, 0.05) is 5.56 Å². The van der Waals surface area contributed by atoms with Gasteiger partial charge in [0.15, 0.2) is 0 Å². The normalized spacial score (nSPS) is 11.8. The summed E-state index contributed by atoms with van der Waals surface area (Å²) in [5.74, 6) is -2.47. The zero-order valence-corrected chi connectivity index (χ0v) is 17.2. The van der Waals surface area contributed by atoms with Gasteiger partial charge in [-0.15, -0.1) is 0 Å². The molecule has 2 N–H and O–H groups in total. The molecule has 12 heteroatoms. The van der Waals surface area contributed by atoms with E-state index in [0.29, 0.717) is 18.2 Å². The Morgan fingerprint density at radius 2 is 1.53 bits per heavy atom. The van der Waals surface area contributed by atoms with Gasteiger partial charge in [-0.1, -0.05) is 11.6 Å². The van der Waals surface area contributed by atoms with Crippen LogP contribution < -0.4 is 10.0 Å². The van der Waals surface area contributed by atoms with Crippen molar-refractivity contribution in [2.75, 3.05) is 10.0 Å². The van der Waals surface area contributed by atoms with Crippen LogP contribution in [0.25, 0.3) is 0 Å². The molecule has 0 aliphatic heterocycles. The molecule has 0 saturated carbocycles. The number of benzene rings is 3. The summed E-state index contributed by atoms with van der Waals surface area (Å²) in [6.45, 7) is 0. The van der Waals surface area contributed by atoms with Crippen molar-refractivity contribution in [3.8, 4) is 0 Å². The number of carbonyl (C=O) groups excluding carboxylic acids is 1. The molecule has 0 unspecified atom stereocenters. The van der Waals surface area contributed by atoms with Crippen LogP contribution in [0.4, 0.5) is 33.3 Å². The van der Waals surface area contributed by atoms with E-state index in [4.69, 9.17) is 11.6 Å². The Kier molecular flexibility index (Phi) is 6.42. The van der Waals surface area contributed by atoms with Gasteiger partial charge in [0.2, 0.25) is 0 Å². The lowest BCUT2D eigenvalue weighted by Gasteiger charge is -2.13. The number of amides is 1. The van der Waals surface area contributed by atoms with Crippen LogP contribution in [0.15, 0.2) is 65.6 Å². The number of hydrogen-bond acceptors (Lipinski definition) is 3. The first-order valence-corrected chi connectivity index (χ1v) is 10.5. The van der Waals surface area contributed by atoms with E-state index in [9.17, 15) is 35.2 Å². The SMILES string of the molecule is O=C(Nc1ccc(S(=O)(=O)Nc2cc(C(F)(F)F)ccc2Cl)cc1F)c1ccc(F)cc1. The quantitative estimate of drug-likeness (QED) is 0.451. The van der Waals surface area contributed by atoms with Crippen LogP contribution in [0.2, 0.25) is 5.02 Å². The van der Waals surface area contributed by atoms with Gasteiger partial charge < -0.3 is 5.32 Å². The monoisotopic (exact) mass is 490 g/mol. The highest BCUT2D eigenvalue weighted by Gasteiger charge is 2.31. The summed E-state index contributed by atoms with van der Waals surface area (Å²) in [5, 5.41) is 1.91. The molecular weight excluding hydrogens is 479 g/mol. The van der Waals surface area contributed by atoms with E-state index in [-0.39, 0.29) is 16.3 Å². The second-order valence-electron chi connectivity index (χ2n) is 6.40. The number of carbonyl (C=O) groups is 1. The summed E-state index contributed by atoms with van der Waals surface area (Å²) >= 11 is 5.78. The second-order valence-corrected chi connectivity index (χ2v) is 8.49. The van der Waals surface area contributed by atoms with Gasteiger partial charge in [-0.05, 0) is 60.7 Å². The van der Waals surface area contributed by atoms with Crippen molar-refractivity contribution in [1.29, 1.82) is 0 Å². The number of anilines is 2. The molecule has 0 atom stereocenters. The molecule has 3 rings (SSSR count). The summed E-state index contributed by atoms with van der Waals surface area (Å²) in [6.07, 6.45) is -4.73. The Morgan fingerprint density at radius 3 is 2.12 bits per heavy atom. The number of alkyl halides is 3. The summed E-state index contributed by atoms with van der Waals surface area (Å²) in [5.41, 5.74) is -2.01. The Labute approximate surface area is 183 Å². The highest BCUT2D eigenvalue weighted by molar-refractivity contribution is 7.92. The van der Waals surface area contributed by atoms with E-state index < -0.39 is 49.9 Å². The van der Waals surface area contributed by atoms with Gasteiger partial charge in [-0.3, -0.25) is 9.52 Å². The summed E-state index contributed by atoms with van der Waals surface area (Å²) in [4.78, 5) is 11.5. The fourth-order valence-corrected chi connectivity index (χ4v) is 3.85. The molecule has 3 aromatic carbocycles. The molecule has 0 saturated heterocycles. The zero-order chi connectivity index (χ0) is 23.7. The van der Waals surface area contributed by atoms with Gasteiger partial charge in [-0.25, -0.2) is 17.2 Å². The smallest absolute Gasteiger partial charge is 0.319 e. The van der Waals surface area contributed by atoms with Crippen molar-refractivity contribution in [3.05, 3.63) is 88.4 Å². The highest BCUT2D eigenvalue weighted by atomic mass is 35.5. The van der Waals surface area contributed by atoms with Crippen LogP contribution in [-0.2, 0) is 16.2 Å². The van der Waals surface area contributed by atoms with Gasteiger partial charge in [0.25, 0.3) is 15.9 Å². The molecule has 168 valence electrons. The van der Waals surface area contributed by atoms with Crippen molar-refractivity contribution in [1.82, 2.24) is 0 Å². The van der Waals surface area contributed by atoms with E-state index in [1.54, 1.807) is 0 Å². The fraction of sp³-hybridized carbons (Fsp3) is 0.0500. The molecule has 0 aliphatic rings. The average molecular weight is 491 g/mol. The molecule has 0 fully saturated rings. The van der Waals surface area contributed by atoms with E-state index in [0.717, 1.165) is 30.3 Å². The Hall–Kier alpha value is -3.18. The van der Waals surface area contributed by atoms with Gasteiger partial charge in [0.05, 0.1) is 26.9 Å². The summed E-state index contributed by atoms with van der Waals surface area (Å²) in [7, 11) is -4.52. The number of sulfonamides is 1. The van der Waals surface area contributed by atoms with Crippen LogP contribution in [-0.4, -0.2) is 14.3 Å². The summed E-state index contributed by atoms with van der Waals surface area (Å²) < 4.78 is 92.9. The molecule has 5 nitrogen and oxygen atoms in total. The molecule has 0 bridgehead atoms. The number of nitrogens with one attached hydrogen (secondary N) is 2. The first-order valence-electron chi connectivity index (χ1n) is 8.63. The molecule has 32 heavy (non-hydrogen) atoms. The largest absolute Gasteiger partial charge is 0.416 e. The molecule has 0 heterocycles. The molecule has 1 amide bonds. The van der Waals surface area contributed by atoms with Gasteiger partial charge in [-0.2, -0.15) is 13.2 Å². The van der Waals surface area contributed by atoms with Crippen molar-refractivity contribution in [2.24, 2.45) is 0 Å². The standard InChI is InChI=1S/C20H12ClF5N2O3S/c21-15-7-3-12(20(24,25)26)9-18(15)28-32(30,31)14-6-8-17(16(23)10-14)27-19(29)11-1-4-13(22)5-2-11/h1-10,28H,(H,27,29). The van der Waals surface area contributed by atoms with Crippen LogP contribution in [0.3, 0.4) is 0 Å². The predicted octanol–water partition coefficient (Wildman–Crippen LogP) is 5.69. The molecule has 0 radical (unpaired) electrons. The van der Waals surface area contributed by atoms with Crippen molar-refractivity contribution >= 4 is 38.9 Å². The topological polar surface area (TPSA) is 75.3 Å². The fourth-order valence-electron chi connectivity index (χ4n) is 2.54. The molecule has 0 aliphatic carbocycles. The lowest BCUT2D eigenvalue weighted by Crippen LogP contribution is -2.16. The van der Waals surface area contributed by atoms with Crippen LogP contribution >= 0.6 is 11.6 Å². The minimum absolute atomic E-state index is 0.0309. The number of halogens is 6. The van der Waals surface area contributed by atoms with E-state index in [1.807, 2.05) is 4.72 Å². The predicted molar refractivity (Wildman–Crippen MR) is 108 cm³/mol. The van der Waals surface area contributed by atoms with Crippen molar-refractivity contribution in [2.45, 2.75) is 11.1 Å². The molecule has 0 aromatic heterocycles. The second kappa shape index (κ2) is 8.75. The van der Waals surface area contributed by atoms with Crippen LogP contribution in [0.5, 0.6) is 0 Å². The summed E-state index contributed by atoms with van der Waals surface area (Å²) in [6, 6.07) is 8.94. The lowest BCUT2D eigenvalue weighted by molar-refractivity contribution is -0.137. The number of rotatable bonds is 5. The Morgan fingerprint density at radius 1 is 0.875 bits per heavy atom. The minimum Gasteiger partial charge on any atom is -0.319 e. The maximum Gasteiger partial charge on any atom is 0.416 e. The molecular formula is C20H12ClF5N2O3S. The third-order valence-corrected chi connectivity index (χ3v) is 5.84. The maximum atomic E-state index is 14.4. The number of hydrogen-bond donors (Lipinski definition) is 2. The van der Waals surface area contributed by atoms with Gasteiger partial charge in [0.1, 0.15) is 11.6 Å². The van der Waals surface area contributed by atoms with Crippen molar-refractivity contribution < 1.29 is 35.2 Å². The highest BCUT2D eigenvalue weighted by Crippen LogP contribution is 2.34. The lowest BCUT2D eigenvalue weighted by atomic mass is 10.2. The van der Waals surface area contributed by atoms with E-state index >= 15 is 0 Å².